The number of guanidine groups is 1. The summed E-state index contributed by atoms with van der Waals surface area (Å²) in [7, 11) is 5.58. The molecule has 0 atom stereocenters. The van der Waals surface area contributed by atoms with E-state index < -0.39 is 0 Å². The summed E-state index contributed by atoms with van der Waals surface area (Å²) in [5.74, 6) is 0.481. The summed E-state index contributed by atoms with van der Waals surface area (Å²) in [6.45, 7) is 0.678. The molecular formula is C8H15N5. The van der Waals surface area contributed by atoms with Crippen LogP contribution >= 0.6 is 0 Å². The molecular weight excluding hydrogens is 166 g/mol. The lowest BCUT2D eigenvalue weighted by Crippen LogP contribution is -2.36. The molecule has 0 aliphatic rings. The van der Waals surface area contributed by atoms with Gasteiger partial charge < -0.3 is 14.8 Å². The number of rotatable bonds is 2. The predicted molar refractivity (Wildman–Crippen MR) is 51.5 cm³/mol. The van der Waals surface area contributed by atoms with Crippen molar-refractivity contribution in [3.8, 4) is 0 Å². The molecule has 5 heteroatoms. The maximum atomic E-state index is 7.67. The summed E-state index contributed by atoms with van der Waals surface area (Å²) in [6.07, 6.45) is 3.40. The minimum atomic E-state index is 0.481. The third-order valence-electron chi connectivity index (χ3n) is 1.75. The second-order valence-electron chi connectivity index (χ2n) is 3.15. The van der Waals surface area contributed by atoms with Crippen LogP contribution in [0.25, 0.3) is 0 Å². The zero-order valence-corrected chi connectivity index (χ0v) is 8.20. The van der Waals surface area contributed by atoms with Crippen LogP contribution in [0.1, 0.15) is 5.69 Å². The van der Waals surface area contributed by atoms with E-state index in [-0.39, 0.29) is 0 Å². The van der Waals surface area contributed by atoms with Gasteiger partial charge in [-0.2, -0.15) is 0 Å². The van der Waals surface area contributed by atoms with Crippen molar-refractivity contribution in [3.63, 3.8) is 0 Å². The predicted octanol–water partition coefficient (Wildman–Crippen LogP) is 0.338. The molecule has 0 aromatic carbocycles. The van der Waals surface area contributed by atoms with Gasteiger partial charge in [-0.25, -0.2) is 4.98 Å². The minimum absolute atomic E-state index is 0.481. The van der Waals surface area contributed by atoms with Crippen LogP contribution in [0.4, 0.5) is 0 Å². The summed E-state index contributed by atoms with van der Waals surface area (Å²) in [6, 6.07) is 0. The van der Waals surface area contributed by atoms with Crippen LogP contribution in [0.15, 0.2) is 12.5 Å². The fraction of sp³-hybridized carbons (Fsp3) is 0.500. The average Bonchev–Trinajstić information content (AvgIpc) is 2.55. The number of hydrogen-bond acceptors (Lipinski definition) is 2. The van der Waals surface area contributed by atoms with Gasteiger partial charge in [0.25, 0.3) is 0 Å². The first-order chi connectivity index (χ1) is 6.11. The van der Waals surface area contributed by atoms with Crippen LogP contribution in [0.3, 0.4) is 0 Å². The zero-order chi connectivity index (χ0) is 9.84. The third-order valence-corrected chi connectivity index (χ3v) is 1.75. The molecule has 2 N–H and O–H groups in total. The fourth-order valence-corrected chi connectivity index (χ4v) is 1.04. The molecule has 0 spiro atoms. The van der Waals surface area contributed by atoms with Gasteiger partial charge in [0.15, 0.2) is 5.96 Å². The molecule has 1 aromatic heterocycles. The second-order valence-corrected chi connectivity index (χ2v) is 3.15. The van der Waals surface area contributed by atoms with Crippen LogP contribution in [0.2, 0.25) is 0 Å². The van der Waals surface area contributed by atoms with E-state index in [1.54, 1.807) is 17.4 Å². The van der Waals surface area contributed by atoms with E-state index in [0.29, 0.717) is 12.5 Å². The maximum Gasteiger partial charge on any atom is 0.193 e. The standard InChI is InChI=1S/C8H15N5/c1-12(2)8(9)13(3)5-7-4-10-6-11-7/h4,6,9H,5H2,1-3H3,(H,10,11). The smallest absolute Gasteiger partial charge is 0.193 e. The number of imidazole rings is 1. The zero-order valence-electron chi connectivity index (χ0n) is 8.20. The Bertz CT molecular complexity index is 264. The van der Waals surface area contributed by atoms with Crippen molar-refractivity contribution in [2.75, 3.05) is 21.1 Å². The van der Waals surface area contributed by atoms with E-state index in [9.17, 15) is 0 Å². The molecule has 0 amide bonds. The molecule has 1 heterocycles. The van der Waals surface area contributed by atoms with E-state index in [1.807, 2.05) is 26.0 Å². The summed E-state index contributed by atoms with van der Waals surface area (Å²) >= 11 is 0. The molecule has 5 nitrogen and oxygen atoms in total. The fourth-order valence-electron chi connectivity index (χ4n) is 1.04. The van der Waals surface area contributed by atoms with Gasteiger partial charge in [0.2, 0.25) is 0 Å². The Hall–Kier alpha value is -1.52. The number of nitrogens with one attached hydrogen (secondary N) is 2. The average molecular weight is 181 g/mol. The van der Waals surface area contributed by atoms with Gasteiger partial charge in [-0.1, -0.05) is 0 Å². The third kappa shape index (κ3) is 2.47. The highest BCUT2D eigenvalue weighted by Crippen LogP contribution is 1.98. The van der Waals surface area contributed by atoms with Gasteiger partial charge in [0.05, 0.1) is 18.6 Å². The Morgan fingerprint density at radius 1 is 1.54 bits per heavy atom. The Balaban J connectivity index is 2.51. The molecule has 72 valence electrons. The Labute approximate surface area is 77.9 Å². The van der Waals surface area contributed by atoms with E-state index in [4.69, 9.17) is 5.41 Å². The highest BCUT2D eigenvalue weighted by molar-refractivity contribution is 5.75. The summed E-state index contributed by atoms with van der Waals surface area (Å²) in [5.41, 5.74) is 1.01. The first-order valence-corrected chi connectivity index (χ1v) is 4.05. The second kappa shape index (κ2) is 3.93. The number of H-pyrrole nitrogens is 1. The number of aromatic amines is 1. The maximum absolute atomic E-state index is 7.67. The first-order valence-electron chi connectivity index (χ1n) is 4.05. The Morgan fingerprint density at radius 3 is 2.69 bits per heavy atom. The molecule has 0 radical (unpaired) electrons. The summed E-state index contributed by atoms with van der Waals surface area (Å²) in [5, 5.41) is 7.67. The summed E-state index contributed by atoms with van der Waals surface area (Å²) < 4.78 is 0. The molecule has 0 unspecified atom stereocenters. The van der Waals surface area contributed by atoms with Gasteiger partial charge >= 0.3 is 0 Å². The van der Waals surface area contributed by atoms with Crippen LogP contribution < -0.4 is 0 Å². The Morgan fingerprint density at radius 2 is 2.23 bits per heavy atom. The van der Waals surface area contributed by atoms with Crippen LogP contribution in [-0.4, -0.2) is 46.9 Å². The van der Waals surface area contributed by atoms with Gasteiger partial charge in [0, 0.05) is 27.3 Å². The van der Waals surface area contributed by atoms with E-state index in [1.165, 1.54) is 0 Å². The number of nitrogens with zero attached hydrogens (tertiary/aromatic N) is 3. The minimum Gasteiger partial charge on any atom is -0.349 e. The van der Waals surface area contributed by atoms with Gasteiger partial charge in [-0.05, 0) is 0 Å². The number of aromatic nitrogens is 2. The summed E-state index contributed by atoms with van der Waals surface area (Å²) in [4.78, 5) is 10.5. The van der Waals surface area contributed by atoms with Gasteiger partial charge in [0.1, 0.15) is 0 Å². The number of hydrogen-bond donors (Lipinski definition) is 2. The monoisotopic (exact) mass is 181 g/mol. The molecule has 13 heavy (non-hydrogen) atoms. The van der Waals surface area contributed by atoms with Crippen molar-refractivity contribution in [2.24, 2.45) is 0 Å². The molecule has 0 saturated carbocycles. The lowest BCUT2D eigenvalue weighted by atomic mass is 10.4. The highest BCUT2D eigenvalue weighted by atomic mass is 15.3. The van der Waals surface area contributed by atoms with Crippen molar-refractivity contribution < 1.29 is 0 Å². The lowest BCUT2D eigenvalue weighted by molar-refractivity contribution is 0.411. The van der Waals surface area contributed by atoms with E-state index in [2.05, 4.69) is 9.97 Å². The highest BCUT2D eigenvalue weighted by Gasteiger charge is 2.06. The van der Waals surface area contributed by atoms with Crippen molar-refractivity contribution in [1.29, 1.82) is 5.41 Å². The van der Waals surface area contributed by atoms with Crippen LogP contribution in [0.5, 0.6) is 0 Å². The first kappa shape index (κ1) is 9.57. The Kier molecular flexibility index (Phi) is 2.89. The lowest BCUT2D eigenvalue weighted by Gasteiger charge is -2.24. The van der Waals surface area contributed by atoms with Crippen molar-refractivity contribution in [1.82, 2.24) is 19.8 Å². The largest absolute Gasteiger partial charge is 0.349 e. The van der Waals surface area contributed by atoms with Crippen molar-refractivity contribution >= 4 is 5.96 Å². The topological polar surface area (TPSA) is 59.0 Å². The normalized spacial score (nSPS) is 9.77. The van der Waals surface area contributed by atoms with Gasteiger partial charge in [-0.15, -0.1) is 0 Å². The quantitative estimate of drug-likeness (QED) is 0.511. The molecule has 0 aliphatic carbocycles. The molecule has 1 rings (SSSR count). The molecule has 0 fully saturated rings. The molecule has 0 aliphatic heterocycles. The van der Waals surface area contributed by atoms with Crippen molar-refractivity contribution in [2.45, 2.75) is 6.54 Å². The van der Waals surface area contributed by atoms with Crippen molar-refractivity contribution in [3.05, 3.63) is 18.2 Å². The molecule has 0 bridgehead atoms. The molecule has 1 aromatic rings. The molecule has 0 saturated heterocycles. The van der Waals surface area contributed by atoms with E-state index >= 15 is 0 Å². The van der Waals surface area contributed by atoms with Crippen LogP contribution in [-0.2, 0) is 6.54 Å². The van der Waals surface area contributed by atoms with Gasteiger partial charge in [-0.3, -0.25) is 5.41 Å². The SMILES string of the molecule is CN(C)C(=N)N(C)Cc1cnc[nH]1. The van der Waals surface area contributed by atoms with Crippen LogP contribution in [0, 0.1) is 5.41 Å². The van der Waals surface area contributed by atoms with E-state index in [0.717, 1.165) is 5.69 Å².